The van der Waals surface area contributed by atoms with Crippen LogP contribution in [0.4, 0.5) is 5.00 Å². The second-order valence-corrected chi connectivity index (χ2v) is 7.70. The van der Waals surface area contributed by atoms with Crippen LogP contribution in [0.15, 0.2) is 11.4 Å². The standard InChI is InChI=1S/C17H25N3O2S/c1-11(16(22)19-17-14(15(18)21)7-9-23-17)20-8-6-12-4-2-3-5-13(12)10-20/h7,9,11-13H,2-6,8,10H2,1H3,(H2,18,21)(H,19,22)/t11-,12-,13+/m1/s1. The Labute approximate surface area is 141 Å². The van der Waals surface area contributed by atoms with Gasteiger partial charge in [-0.3, -0.25) is 14.5 Å². The molecule has 0 aromatic carbocycles. The van der Waals surface area contributed by atoms with Gasteiger partial charge in [0.1, 0.15) is 5.00 Å². The summed E-state index contributed by atoms with van der Waals surface area (Å²) in [6, 6.07) is 1.47. The Bertz CT molecular complexity index is 586. The summed E-state index contributed by atoms with van der Waals surface area (Å²) in [5.74, 6) is 1.05. The van der Waals surface area contributed by atoms with Gasteiger partial charge in [-0.2, -0.15) is 0 Å². The first kappa shape index (κ1) is 16.5. The van der Waals surface area contributed by atoms with Crippen LogP contribution >= 0.6 is 11.3 Å². The minimum atomic E-state index is -0.503. The predicted octanol–water partition coefficient (Wildman–Crippen LogP) is 2.69. The maximum atomic E-state index is 12.5. The van der Waals surface area contributed by atoms with Gasteiger partial charge in [0, 0.05) is 6.54 Å². The Morgan fingerprint density at radius 3 is 2.78 bits per heavy atom. The average molecular weight is 335 g/mol. The summed E-state index contributed by atoms with van der Waals surface area (Å²) in [5, 5.41) is 5.21. The number of carbonyl (C=O) groups is 2. The molecule has 0 radical (unpaired) electrons. The van der Waals surface area contributed by atoms with Crippen molar-refractivity contribution in [1.29, 1.82) is 0 Å². The van der Waals surface area contributed by atoms with Crippen LogP contribution < -0.4 is 11.1 Å². The normalized spacial score (nSPS) is 26.3. The smallest absolute Gasteiger partial charge is 0.251 e. The van der Waals surface area contributed by atoms with E-state index in [0.29, 0.717) is 10.6 Å². The molecule has 1 aliphatic heterocycles. The Balaban J connectivity index is 1.61. The highest BCUT2D eigenvalue weighted by atomic mass is 32.1. The third-order valence-electron chi connectivity index (χ3n) is 5.42. The largest absolute Gasteiger partial charge is 0.366 e. The number of nitrogens with two attached hydrogens (primary N) is 1. The van der Waals surface area contributed by atoms with E-state index >= 15 is 0 Å². The summed E-state index contributed by atoms with van der Waals surface area (Å²) in [5.41, 5.74) is 5.72. The van der Waals surface area contributed by atoms with Crippen LogP contribution in [0.5, 0.6) is 0 Å². The van der Waals surface area contributed by atoms with Crippen molar-refractivity contribution in [3.8, 4) is 0 Å². The van der Waals surface area contributed by atoms with E-state index in [0.717, 1.165) is 24.9 Å². The van der Waals surface area contributed by atoms with Crippen molar-refractivity contribution in [3.63, 3.8) is 0 Å². The van der Waals surface area contributed by atoms with Gasteiger partial charge in [-0.15, -0.1) is 11.3 Å². The molecule has 0 spiro atoms. The molecule has 0 unspecified atom stereocenters. The Morgan fingerprint density at radius 1 is 1.30 bits per heavy atom. The van der Waals surface area contributed by atoms with Crippen LogP contribution in [-0.4, -0.2) is 35.8 Å². The van der Waals surface area contributed by atoms with E-state index < -0.39 is 5.91 Å². The van der Waals surface area contributed by atoms with E-state index in [-0.39, 0.29) is 11.9 Å². The van der Waals surface area contributed by atoms with Crippen LogP contribution in [-0.2, 0) is 4.79 Å². The summed E-state index contributed by atoms with van der Waals surface area (Å²) < 4.78 is 0. The number of hydrogen-bond acceptors (Lipinski definition) is 4. The second-order valence-electron chi connectivity index (χ2n) is 6.78. The Hall–Kier alpha value is -1.40. The number of piperidine rings is 1. The number of nitrogens with zero attached hydrogens (tertiary/aromatic N) is 1. The van der Waals surface area contributed by atoms with Gasteiger partial charge in [0.2, 0.25) is 5.91 Å². The Kier molecular flexibility index (Phi) is 5.02. The van der Waals surface area contributed by atoms with Crippen molar-refractivity contribution >= 4 is 28.2 Å². The van der Waals surface area contributed by atoms with E-state index in [9.17, 15) is 9.59 Å². The highest BCUT2D eigenvalue weighted by Crippen LogP contribution is 2.36. The van der Waals surface area contributed by atoms with E-state index in [1.54, 1.807) is 11.4 Å². The minimum absolute atomic E-state index is 0.0517. The number of carbonyl (C=O) groups excluding carboxylic acids is 2. The van der Waals surface area contributed by atoms with Crippen LogP contribution in [0.25, 0.3) is 0 Å². The molecule has 1 aromatic rings. The van der Waals surface area contributed by atoms with Gasteiger partial charge in [-0.1, -0.05) is 19.3 Å². The predicted molar refractivity (Wildman–Crippen MR) is 92.6 cm³/mol. The number of primary amides is 1. The molecule has 0 bridgehead atoms. The van der Waals surface area contributed by atoms with Crippen molar-refractivity contribution in [2.45, 2.75) is 45.1 Å². The van der Waals surface area contributed by atoms with Crippen LogP contribution in [0.1, 0.15) is 49.4 Å². The van der Waals surface area contributed by atoms with Gasteiger partial charge in [0.05, 0.1) is 11.6 Å². The van der Waals surface area contributed by atoms with Crippen molar-refractivity contribution in [2.24, 2.45) is 17.6 Å². The zero-order chi connectivity index (χ0) is 16.4. The summed E-state index contributed by atoms with van der Waals surface area (Å²) in [4.78, 5) is 26.2. The highest BCUT2D eigenvalue weighted by molar-refractivity contribution is 7.14. The van der Waals surface area contributed by atoms with Crippen molar-refractivity contribution in [1.82, 2.24) is 4.90 Å². The molecule has 126 valence electrons. The molecule has 1 aliphatic carbocycles. The summed E-state index contributed by atoms with van der Waals surface area (Å²) in [6.45, 7) is 3.96. The molecule has 5 nitrogen and oxygen atoms in total. The molecular weight excluding hydrogens is 310 g/mol. The van der Waals surface area contributed by atoms with Gasteiger partial charge in [0.25, 0.3) is 5.91 Å². The molecule has 6 heteroatoms. The third kappa shape index (κ3) is 3.58. The molecule has 1 saturated carbocycles. The molecule has 3 rings (SSSR count). The number of anilines is 1. The van der Waals surface area contributed by atoms with Gasteiger partial charge in [0.15, 0.2) is 0 Å². The lowest BCUT2D eigenvalue weighted by Gasteiger charge is -2.43. The highest BCUT2D eigenvalue weighted by Gasteiger charge is 2.34. The van der Waals surface area contributed by atoms with Gasteiger partial charge in [-0.25, -0.2) is 0 Å². The maximum absolute atomic E-state index is 12.5. The van der Waals surface area contributed by atoms with Gasteiger partial charge < -0.3 is 11.1 Å². The summed E-state index contributed by atoms with van der Waals surface area (Å²) in [6.07, 6.45) is 6.55. The van der Waals surface area contributed by atoms with E-state index in [1.807, 2.05) is 6.92 Å². The second kappa shape index (κ2) is 7.01. The fraction of sp³-hybridized carbons (Fsp3) is 0.647. The number of likely N-dealkylation sites (tertiary alicyclic amines) is 1. The molecule has 23 heavy (non-hydrogen) atoms. The monoisotopic (exact) mass is 335 g/mol. The third-order valence-corrected chi connectivity index (χ3v) is 6.25. The van der Waals surface area contributed by atoms with E-state index in [1.165, 1.54) is 43.4 Å². The van der Waals surface area contributed by atoms with Gasteiger partial charge in [-0.05, 0) is 49.6 Å². The fourth-order valence-corrected chi connectivity index (χ4v) is 4.76. The number of nitrogens with one attached hydrogen (secondary N) is 1. The maximum Gasteiger partial charge on any atom is 0.251 e. The first-order valence-corrected chi connectivity index (χ1v) is 9.36. The first-order valence-electron chi connectivity index (χ1n) is 8.48. The SMILES string of the molecule is C[C@H](C(=O)Nc1sccc1C(N)=O)N1CC[C@H]2CCCC[C@H]2C1. The first-order chi connectivity index (χ1) is 11.1. The van der Waals surface area contributed by atoms with Crippen LogP contribution in [0, 0.1) is 11.8 Å². The zero-order valence-corrected chi connectivity index (χ0v) is 14.4. The van der Waals surface area contributed by atoms with Gasteiger partial charge >= 0.3 is 0 Å². The molecule has 1 saturated heterocycles. The van der Waals surface area contributed by atoms with Crippen molar-refractivity contribution < 1.29 is 9.59 Å². The zero-order valence-electron chi connectivity index (χ0n) is 13.6. The molecule has 3 atom stereocenters. The van der Waals surface area contributed by atoms with Crippen LogP contribution in [0.3, 0.4) is 0 Å². The van der Waals surface area contributed by atoms with E-state index in [4.69, 9.17) is 5.73 Å². The van der Waals surface area contributed by atoms with Crippen molar-refractivity contribution in [3.05, 3.63) is 17.0 Å². The topological polar surface area (TPSA) is 75.4 Å². The summed E-state index contributed by atoms with van der Waals surface area (Å²) >= 11 is 1.34. The lowest BCUT2D eigenvalue weighted by atomic mass is 9.75. The average Bonchev–Trinajstić information content (AvgIpc) is 3.02. The lowest BCUT2D eigenvalue weighted by molar-refractivity contribution is -0.121. The van der Waals surface area contributed by atoms with Crippen LogP contribution in [0.2, 0.25) is 0 Å². The lowest BCUT2D eigenvalue weighted by Crippen LogP contribution is -2.50. The minimum Gasteiger partial charge on any atom is -0.366 e. The molecule has 1 aromatic heterocycles. The molecule has 2 fully saturated rings. The number of amides is 2. The fourth-order valence-electron chi connectivity index (χ4n) is 3.96. The van der Waals surface area contributed by atoms with E-state index in [2.05, 4.69) is 10.2 Å². The molecular formula is C17H25N3O2S. The molecule has 2 aliphatic rings. The van der Waals surface area contributed by atoms with Crippen molar-refractivity contribution in [2.75, 3.05) is 18.4 Å². The number of fused-ring (bicyclic) bond motifs is 1. The summed E-state index contributed by atoms with van der Waals surface area (Å²) in [7, 11) is 0. The number of rotatable bonds is 4. The molecule has 2 heterocycles. The number of hydrogen-bond donors (Lipinski definition) is 2. The quantitative estimate of drug-likeness (QED) is 0.888. The Morgan fingerprint density at radius 2 is 2.04 bits per heavy atom. The molecule has 2 amide bonds. The number of thiophene rings is 1. The molecule has 3 N–H and O–H groups in total.